The van der Waals surface area contributed by atoms with Gasteiger partial charge >= 0.3 is 0 Å². The molecule has 0 saturated carbocycles. The number of sulfonamides is 1. The van der Waals surface area contributed by atoms with E-state index < -0.39 is 21.7 Å². The maximum atomic E-state index is 14.1. The summed E-state index contributed by atoms with van der Waals surface area (Å²) in [6.45, 7) is 1.63. The Morgan fingerprint density at radius 3 is 2.35 bits per heavy atom. The van der Waals surface area contributed by atoms with Gasteiger partial charge in [0.1, 0.15) is 30.0 Å². The number of carbonyl (C=O) groups is 1. The first-order valence-electron chi connectivity index (χ1n) is 11.4. The van der Waals surface area contributed by atoms with Crippen LogP contribution in [0.4, 0.5) is 10.1 Å². The van der Waals surface area contributed by atoms with Crippen LogP contribution in [0, 0.1) is 17.1 Å². The average Bonchev–Trinajstić information content (AvgIpc) is 2.91. The molecule has 1 aliphatic heterocycles. The molecule has 37 heavy (non-hydrogen) atoms. The van der Waals surface area contributed by atoms with E-state index in [1.807, 2.05) is 17.0 Å². The molecule has 3 aromatic rings. The second kappa shape index (κ2) is 10.9. The molecule has 9 nitrogen and oxygen atoms in total. The van der Waals surface area contributed by atoms with Gasteiger partial charge in [0, 0.05) is 31.9 Å². The molecule has 1 amide bonds. The summed E-state index contributed by atoms with van der Waals surface area (Å²) in [5.74, 6) is -0.0809. The predicted molar refractivity (Wildman–Crippen MR) is 134 cm³/mol. The topological polar surface area (TPSA) is 126 Å². The highest BCUT2D eigenvalue weighted by atomic mass is 32.2. The summed E-state index contributed by atoms with van der Waals surface area (Å²) >= 11 is 0. The normalized spacial score (nSPS) is 13.7. The van der Waals surface area contributed by atoms with Crippen LogP contribution in [0.1, 0.15) is 21.5 Å². The van der Waals surface area contributed by atoms with Crippen LogP contribution in [0.15, 0.2) is 65.6 Å². The number of nitriles is 1. The standard InChI is InChI=1S/C26H25FN4O5S/c1-35-21-6-2-18(3-7-21)17-36-25-9-8-22(37(29,33)34)15-23(25)26(32)31-12-10-30(11-13-31)20-5-4-19(16-28)24(27)14-20/h2-9,14-15H,10-13,17H2,1H3,(H2,29,33,34). The van der Waals surface area contributed by atoms with Gasteiger partial charge in [0.15, 0.2) is 0 Å². The highest BCUT2D eigenvalue weighted by Gasteiger charge is 2.26. The lowest BCUT2D eigenvalue weighted by molar-refractivity contribution is 0.0741. The zero-order valence-electron chi connectivity index (χ0n) is 20.1. The molecule has 0 spiro atoms. The molecule has 11 heteroatoms. The van der Waals surface area contributed by atoms with Crippen molar-refractivity contribution in [3.05, 3.63) is 83.2 Å². The second-order valence-electron chi connectivity index (χ2n) is 8.39. The van der Waals surface area contributed by atoms with Crippen LogP contribution in [0.5, 0.6) is 11.5 Å². The number of nitrogens with two attached hydrogens (primary N) is 1. The molecule has 0 bridgehead atoms. The van der Waals surface area contributed by atoms with Crippen molar-refractivity contribution < 1.29 is 27.1 Å². The number of halogens is 1. The first kappa shape index (κ1) is 25.9. The number of hydrogen-bond donors (Lipinski definition) is 1. The number of nitrogens with zero attached hydrogens (tertiary/aromatic N) is 3. The van der Waals surface area contributed by atoms with Crippen molar-refractivity contribution in [2.75, 3.05) is 38.2 Å². The van der Waals surface area contributed by atoms with Gasteiger partial charge in [-0.3, -0.25) is 4.79 Å². The number of benzene rings is 3. The van der Waals surface area contributed by atoms with Crippen molar-refractivity contribution in [1.82, 2.24) is 4.90 Å². The van der Waals surface area contributed by atoms with E-state index >= 15 is 0 Å². The quantitative estimate of drug-likeness (QED) is 0.504. The Labute approximate surface area is 214 Å². The van der Waals surface area contributed by atoms with E-state index in [4.69, 9.17) is 19.9 Å². The predicted octanol–water partition coefficient (Wildman–Crippen LogP) is 2.89. The van der Waals surface area contributed by atoms with Gasteiger partial charge < -0.3 is 19.3 Å². The van der Waals surface area contributed by atoms with Gasteiger partial charge in [-0.25, -0.2) is 17.9 Å². The number of hydrogen-bond acceptors (Lipinski definition) is 7. The van der Waals surface area contributed by atoms with Gasteiger partial charge in [-0.2, -0.15) is 5.26 Å². The maximum absolute atomic E-state index is 14.1. The molecule has 1 aliphatic rings. The Kier molecular flexibility index (Phi) is 7.61. The van der Waals surface area contributed by atoms with Crippen LogP contribution >= 0.6 is 0 Å². The summed E-state index contributed by atoms with van der Waals surface area (Å²) in [5, 5.41) is 14.2. The Morgan fingerprint density at radius 2 is 1.76 bits per heavy atom. The number of carbonyl (C=O) groups excluding carboxylic acids is 1. The van der Waals surface area contributed by atoms with E-state index in [-0.39, 0.29) is 28.4 Å². The minimum atomic E-state index is -4.04. The lowest BCUT2D eigenvalue weighted by Gasteiger charge is -2.36. The fourth-order valence-electron chi connectivity index (χ4n) is 3.99. The van der Waals surface area contributed by atoms with Crippen LogP contribution in [0.25, 0.3) is 0 Å². The molecular weight excluding hydrogens is 499 g/mol. The van der Waals surface area contributed by atoms with Crippen LogP contribution in [0.2, 0.25) is 0 Å². The van der Waals surface area contributed by atoms with E-state index in [1.165, 1.54) is 30.3 Å². The molecular formula is C26H25FN4O5S. The molecule has 1 saturated heterocycles. The van der Waals surface area contributed by atoms with Crippen molar-refractivity contribution in [2.45, 2.75) is 11.5 Å². The van der Waals surface area contributed by atoms with Crippen LogP contribution in [0.3, 0.4) is 0 Å². The van der Waals surface area contributed by atoms with E-state index in [0.717, 1.165) is 5.56 Å². The lowest BCUT2D eigenvalue weighted by atomic mass is 10.1. The van der Waals surface area contributed by atoms with Crippen molar-refractivity contribution in [1.29, 1.82) is 5.26 Å². The largest absolute Gasteiger partial charge is 0.497 e. The number of primary sulfonamides is 1. The zero-order valence-corrected chi connectivity index (χ0v) is 20.9. The van der Waals surface area contributed by atoms with E-state index in [2.05, 4.69) is 0 Å². The first-order valence-corrected chi connectivity index (χ1v) is 12.9. The van der Waals surface area contributed by atoms with Crippen LogP contribution in [-0.2, 0) is 16.6 Å². The molecule has 0 radical (unpaired) electrons. The number of amides is 1. The number of methoxy groups -OCH3 is 1. The molecule has 0 aromatic heterocycles. The number of anilines is 1. The minimum Gasteiger partial charge on any atom is -0.497 e. The number of piperazine rings is 1. The van der Waals surface area contributed by atoms with E-state index in [1.54, 1.807) is 36.3 Å². The van der Waals surface area contributed by atoms with E-state index in [9.17, 15) is 17.6 Å². The summed E-state index contributed by atoms with van der Waals surface area (Å²) in [4.78, 5) is 16.8. The van der Waals surface area contributed by atoms with Crippen LogP contribution < -0.4 is 19.5 Å². The molecule has 0 unspecified atom stereocenters. The monoisotopic (exact) mass is 524 g/mol. The summed E-state index contributed by atoms with van der Waals surface area (Å²) in [5.41, 5.74) is 1.49. The second-order valence-corrected chi connectivity index (χ2v) is 9.96. The van der Waals surface area contributed by atoms with Gasteiger partial charge in [0.25, 0.3) is 5.91 Å². The van der Waals surface area contributed by atoms with Crippen LogP contribution in [-0.4, -0.2) is 52.5 Å². The molecule has 0 aliphatic carbocycles. The summed E-state index contributed by atoms with van der Waals surface area (Å²) < 4.78 is 49.0. The molecule has 3 aromatic carbocycles. The third-order valence-electron chi connectivity index (χ3n) is 6.07. The fourth-order valence-corrected chi connectivity index (χ4v) is 4.53. The average molecular weight is 525 g/mol. The zero-order chi connectivity index (χ0) is 26.6. The maximum Gasteiger partial charge on any atom is 0.257 e. The van der Waals surface area contributed by atoms with Gasteiger partial charge in [-0.05, 0) is 54.1 Å². The molecule has 0 atom stereocenters. The first-order chi connectivity index (χ1) is 17.7. The Morgan fingerprint density at radius 1 is 1.05 bits per heavy atom. The number of rotatable bonds is 7. The third-order valence-corrected chi connectivity index (χ3v) is 6.98. The molecule has 192 valence electrons. The molecule has 4 rings (SSSR count). The summed E-state index contributed by atoms with van der Waals surface area (Å²) in [7, 11) is -2.47. The molecule has 2 N–H and O–H groups in total. The van der Waals surface area contributed by atoms with Gasteiger partial charge in [-0.15, -0.1) is 0 Å². The minimum absolute atomic E-state index is 0.0329. The highest BCUT2D eigenvalue weighted by Crippen LogP contribution is 2.27. The fraction of sp³-hybridized carbons (Fsp3) is 0.231. The van der Waals surface area contributed by atoms with Crippen molar-refractivity contribution in [3.63, 3.8) is 0 Å². The smallest absolute Gasteiger partial charge is 0.257 e. The molecule has 1 heterocycles. The lowest BCUT2D eigenvalue weighted by Crippen LogP contribution is -2.49. The molecule has 1 fully saturated rings. The van der Waals surface area contributed by atoms with Gasteiger partial charge in [0.2, 0.25) is 10.0 Å². The Bertz CT molecular complexity index is 1450. The van der Waals surface area contributed by atoms with Crippen molar-refractivity contribution in [2.24, 2.45) is 5.14 Å². The number of ether oxygens (including phenoxy) is 2. The Hall–Kier alpha value is -4.14. The summed E-state index contributed by atoms with van der Waals surface area (Å²) in [6, 6.07) is 17.4. The van der Waals surface area contributed by atoms with Crippen molar-refractivity contribution in [3.8, 4) is 17.6 Å². The van der Waals surface area contributed by atoms with E-state index in [0.29, 0.717) is 37.6 Å². The van der Waals surface area contributed by atoms with Gasteiger partial charge in [0.05, 0.1) is 23.1 Å². The van der Waals surface area contributed by atoms with Crippen molar-refractivity contribution >= 4 is 21.6 Å². The third kappa shape index (κ3) is 5.99. The highest BCUT2D eigenvalue weighted by molar-refractivity contribution is 7.89. The van der Waals surface area contributed by atoms with Gasteiger partial charge in [-0.1, -0.05) is 12.1 Å². The summed E-state index contributed by atoms with van der Waals surface area (Å²) in [6.07, 6.45) is 0. The SMILES string of the molecule is COc1ccc(COc2ccc(S(N)(=O)=O)cc2C(=O)N2CCN(c3ccc(C#N)c(F)c3)CC2)cc1. The Balaban J connectivity index is 1.51.